The largest absolute Gasteiger partial charge is 0.0654 e. The Balaban J connectivity index is 2.47. The molecule has 20 heavy (non-hydrogen) atoms. The van der Waals surface area contributed by atoms with Gasteiger partial charge in [-0.2, -0.15) is 0 Å². The van der Waals surface area contributed by atoms with Gasteiger partial charge in [0.2, 0.25) is 0 Å². The van der Waals surface area contributed by atoms with E-state index in [2.05, 4.69) is 58.0 Å². The second-order valence-corrected chi connectivity index (χ2v) is 6.15. The van der Waals surface area contributed by atoms with Crippen LogP contribution in [-0.4, -0.2) is 0 Å². The van der Waals surface area contributed by atoms with Crippen LogP contribution in [0.4, 0.5) is 0 Å². The topological polar surface area (TPSA) is 0 Å². The van der Waals surface area contributed by atoms with E-state index in [4.69, 9.17) is 0 Å². The number of hydrogen-bond donors (Lipinski definition) is 0. The molecule has 0 aromatic heterocycles. The number of hydrogen-bond acceptors (Lipinski definition) is 0. The van der Waals surface area contributed by atoms with E-state index in [-0.39, 0.29) is 0 Å². The first-order valence-corrected chi connectivity index (χ1v) is 8.18. The van der Waals surface area contributed by atoms with Crippen LogP contribution in [0.5, 0.6) is 0 Å². The van der Waals surface area contributed by atoms with Crippen LogP contribution in [0.3, 0.4) is 0 Å². The van der Waals surface area contributed by atoms with Crippen LogP contribution >= 0.6 is 0 Å². The number of benzene rings is 1. The van der Waals surface area contributed by atoms with Crippen molar-refractivity contribution in [1.82, 2.24) is 0 Å². The molecule has 0 bridgehead atoms. The van der Waals surface area contributed by atoms with Gasteiger partial charge in [0, 0.05) is 0 Å². The minimum atomic E-state index is 0.624. The molecule has 1 aliphatic rings. The van der Waals surface area contributed by atoms with E-state index in [1.807, 2.05) is 0 Å². The molecule has 0 heterocycles. The summed E-state index contributed by atoms with van der Waals surface area (Å²) in [4.78, 5) is 0. The minimum absolute atomic E-state index is 0.624. The molecule has 0 saturated carbocycles. The zero-order valence-corrected chi connectivity index (χ0v) is 13.5. The molecular weight excluding hydrogens is 240 g/mol. The highest BCUT2D eigenvalue weighted by Gasteiger charge is 2.25. The summed E-state index contributed by atoms with van der Waals surface area (Å²) < 4.78 is 0. The van der Waals surface area contributed by atoms with Crippen molar-refractivity contribution in [1.29, 1.82) is 0 Å². The second-order valence-electron chi connectivity index (χ2n) is 6.15. The van der Waals surface area contributed by atoms with Crippen LogP contribution in [0.1, 0.15) is 65.4 Å². The summed E-state index contributed by atoms with van der Waals surface area (Å²) in [6.45, 7) is 9.28. The zero-order valence-electron chi connectivity index (χ0n) is 13.5. The predicted molar refractivity (Wildman–Crippen MR) is 89.7 cm³/mol. The predicted octanol–water partition coefficient (Wildman–Crippen LogP) is 6.40. The van der Waals surface area contributed by atoms with Crippen LogP contribution in [-0.2, 0) is 0 Å². The van der Waals surface area contributed by atoms with E-state index in [9.17, 15) is 0 Å². The summed E-state index contributed by atoms with van der Waals surface area (Å²) in [7, 11) is 0. The Kier molecular flexibility index (Phi) is 5.23. The molecule has 2 rings (SSSR count). The van der Waals surface area contributed by atoms with Gasteiger partial charge >= 0.3 is 0 Å². The van der Waals surface area contributed by atoms with E-state index >= 15 is 0 Å². The number of unbranched alkanes of at least 4 members (excludes halogenated alkanes) is 1. The van der Waals surface area contributed by atoms with Crippen LogP contribution in [0.15, 0.2) is 47.1 Å². The third-order valence-corrected chi connectivity index (χ3v) is 4.33. The van der Waals surface area contributed by atoms with Crippen molar-refractivity contribution >= 4 is 5.57 Å². The van der Waals surface area contributed by atoms with Crippen LogP contribution < -0.4 is 0 Å². The van der Waals surface area contributed by atoms with Gasteiger partial charge in [-0.05, 0) is 48.3 Å². The summed E-state index contributed by atoms with van der Waals surface area (Å²) in [6, 6.07) is 11.0. The van der Waals surface area contributed by atoms with Crippen molar-refractivity contribution in [2.45, 2.75) is 59.8 Å². The SMILES string of the molecule is CCCCC1=C(c2ccccc2)C(C(C)C)=C(CC)C1. The Bertz CT molecular complexity index is 500. The average Bonchev–Trinajstić information content (AvgIpc) is 2.84. The Hall–Kier alpha value is -1.30. The highest BCUT2D eigenvalue weighted by atomic mass is 14.3. The van der Waals surface area contributed by atoms with Gasteiger partial charge in [0.25, 0.3) is 0 Å². The van der Waals surface area contributed by atoms with E-state index in [0.717, 1.165) is 0 Å². The van der Waals surface area contributed by atoms with Crippen LogP contribution in [0.25, 0.3) is 5.57 Å². The van der Waals surface area contributed by atoms with Gasteiger partial charge in [-0.3, -0.25) is 0 Å². The molecule has 0 fully saturated rings. The van der Waals surface area contributed by atoms with Gasteiger partial charge in [-0.15, -0.1) is 0 Å². The molecule has 108 valence electrons. The monoisotopic (exact) mass is 268 g/mol. The van der Waals surface area contributed by atoms with Gasteiger partial charge in [0.05, 0.1) is 0 Å². The van der Waals surface area contributed by atoms with Crippen molar-refractivity contribution < 1.29 is 0 Å². The van der Waals surface area contributed by atoms with Crippen LogP contribution in [0.2, 0.25) is 0 Å². The lowest BCUT2D eigenvalue weighted by molar-refractivity contribution is 0.768. The lowest BCUT2D eigenvalue weighted by Crippen LogP contribution is -1.99. The standard InChI is InChI=1S/C20H28/c1-5-7-11-18-14-16(6-2)19(15(3)4)20(18)17-12-9-8-10-13-17/h8-10,12-13,15H,5-7,11,14H2,1-4H3. The highest BCUT2D eigenvalue weighted by Crippen LogP contribution is 2.45. The molecular formula is C20H28. The average molecular weight is 268 g/mol. The zero-order chi connectivity index (χ0) is 14.5. The summed E-state index contributed by atoms with van der Waals surface area (Å²) >= 11 is 0. The molecule has 0 unspecified atom stereocenters. The van der Waals surface area contributed by atoms with Gasteiger partial charge in [-0.25, -0.2) is 0 Å². The fourth-order valence-electron chi connectivity index (χ4n) is 3.39. The van der Waals surface area contributed by atoms with E-state index in [1.165, 1.54) is 37.7 Å². The van der Waals surface area contributed by atoms with Crippen molar-refractivity contribution in [2.24, 2.45) is 5.92 Å². The highest BCUT2D eigenvalue weighted by molar-refractivity contribution is 5.85. The molecule has 0 radical (unpaired) electrons. The normalized spacial score (nSPS) is 15.7. The first-order chi connectivity index (χ1) is 9.69. The molecule has 0 nitrogen and oxygen atoms in total. The van der Waals surface area contributed by atoms with Gasteiger partial charge in [0.15, 0.2) is 0 Å². The van der Waals surface area contributed by atoms with Gasteiger partial charge in [-0.1, -0.05) is 75.6 Å². The second kappa shape index (κ2) is 6.92. The van der Waals surface area contributed by atoms with Crippen LogP contribution in [0, 0.1) is 5.92 Å². The molecule has 0 N–H and O–H groups in total. The molecule has 1 aromatic carbocycles. The third kappa shape index (κ3) is 3.06. The first-order valence-electron chi connectivity index (χ1n) is 8.18. The van der Waals surface area contributed by atoms with Crippen molar-refractivity contribution in [2.75, 3.05) is 0 Å². The summed E-state index contributed by atoms with van der Waals surface area (Å²) in [5.74, 6) is 0.624. The minimum Gasteiger partial charge on any atom is -0.0654 e. The lowest BCUT2D eigenvalue weighted by Gasteiger charge is -2.16. The van der Waals surface area contributed by atoms with E-state index in [1.54, 1.807) is 22.3 Å². The molecule has 1 aliphatic carbocycles. The summed E-state index contributed by atoms with van der Waals surface area (Å²) in [6.07, 6.45) is 6.27. The number of allylic oxidation sites excluding steroid dienone is 4. The molecule has 0 aliphatic heterocycles. The Morgan fingerprint density at radius 1 is 1.00 bits per heavy atom. The Morgan fingerprint density at radius 2 is 1.70 bits per heavy atom. The van der Waals surface area contributed by atoms with E-state index < -0.39 is 0 Å². The molecule has 1 aromatic rings. The molecule has 0 heteroatoms. The maximum atomic E-state index is 2.34. The quantitative estimate of drug-likeness (QED) is 0.560. The van der Waals surface area contributed by atoms with Gasteiger partial charge in [0.1, 0.15) is 0 Å². The number of rotatable bonds is 6. The third-order valence-electron chi connectivity index (χ3n) is 4.33. The summed E-state index contributed by atoms with van der Waals surface area (Å²) in [5, 5.41) is 0. The fourth-order valence-corrected chi connectivity index (χ4v) is 3.39. The summed E-state index contributed by atoms with van der Waals surface area (Å²) in [5.41, 5.74) is 7.98. The Labute approximate surface area is 124 Å². The van der Waals surface area contributed by atoms with Gasteiger partial charge < -0.3 is 0 Å². The van der Waals surface area contributed by atoms with E-state index in [0.29, 0.717) is 5.92 Å². The maximum Gasteiger partial charge on any atom is -0.00931 e. The molecule has 0 atom stereocenters. The molecule has 0 saturated heterocycles. The van der Waals surface area contributed by atoms with Crippen molar-refractivity contribution in [3.8, 4) is 0 Å². The molecule has 0 amide bonds. The van der Waals surface area contributed by atoms with Crippen molar-refractivity contribution in [3.05, 3.63) is 52.6 Å². The Morgan fingerprint density at radius 3 is 2.25 bits per heavy atom. The lowest BCUT2D eigenvalue weighted by atomic mass is 9.88. The fraction of sp³-hybridized carbons (Fsp3) is 0.500. The van der Waals surface area contributed by atoms with Crippen molar-refractivity contribution in [3.63, 3.8) is 0 Å². The first kappa shape index (κ1) is 15.1. The maximum absolute atomic E-state index is 2.34. The smallest absolute Gasteiger partial charge is 0.00931 e. The molecule has 0 spiro atoms.